The molecule has 284 valence electrons. The van der Waals surface area contributed by atoms with Crippen LogP contribution in [0.25, 0.3) is 0 Å². The Morgan fingerprint density at radius 1 is 0.382 bits per heavy atom. The molecule has 0 aliphatic rings. The van der Waals surface area contributed by atoms with Gasteiger partial charge in [0.1, 0.15) is 0 Å². The van der Waals surface area contributed by atoms with E-state index < -0.39 is 36.3 Å². The summed E-state index contributed by atoms with van der Waals surface area (Å²) in [5.41, 5.74) is 0. The molecule has 8 nitrogen and oxygen atoms in total. The van der Waals surface area contributed by atoms with Crippen molar-refractivity contribution < 1.29 is 71.0 Å². The van der Waals surface area contributed by atoms with Crippen LogP contribution in [0.4, 0.5) is 0 Å². The van der Waals surface area contributed by atoms with E-state index in [2.05, 4.69) is 13.2 Å². The van der Waals surface area contributed by atoms with Gasteiger partial charge in [0.15, 0.2) is 14.3 Å². The van der Waals surface area contributed by atoms with Crippen LogP contribution in [0, 0.1) is 31.1 Å². The van der Waals surface area contributed by atoms with Crippen molar-refractivity contribution in [3.05, 3.63) is 205 Å². The third kappa shape index (κ3) is 14.7. The van der Waals surface area contributed by atoms with Crippen LogP contribution in [0.1, 0.15) is 0 Å². The summed E-state index contributed by atoms with van der Waals surface area (Å²) in [6, 6.07) is 58.3. The number of carboxylic acids is 2. The Balaban J connectivity index is 0.000000789. The van der Waals surface area contributed by atoms with E-state index >= 15 is 0 Å². The molecule has 0 aliphatic heterocycles. The maximum atomic E-state index is 13.8. The Labute approximate surface area is 354 Å². The fraction of sp³-hybridized carbons (Fsp3) is 0. The fourth-order valence-corrected chi connectivity index (χ4v) is 10.1. The summed E-state index contributed by atoms with van der Waals surface area (Å²) >= 11 is 9.51. The topological polar surface area (TPSA) is 171 Å². The number of aliphatic carboxylic acids is 2. The molecule has 0 atom stereocenters. The van der Waals surface area contributed by atoms with E-state index in [1.54, 1.807) is 0 Å². The molecule has 0 N–H and O–H groups in total. The van der Waals surface area contributed by atoms with Crippen molar-refractivity contribution in [2.45, 2.75) is 0 Å². The standard InChI is InChI=1S/2C18H15OP.2C3H3ClO2.2O.U/c2*19-20(16-10-4-1-5-11-16,17-12-6-2-7-13-17)18-14-8-3-9-15-18;2*1-2(4)3(5)6;;;/h2*1-15H;2*1H2,(H,5,6);;;/q;;;;2*-2;/p-2. The molecule has 55 heavy (non-hydrogen) atoms. The number of halogens is 2. The second kappa shape index (κ2) is 25.8. The fourth-order valence-electron chi connectivity index (χ4n) is 4.72. The summed E-state index contributed by atoms with van der Waals surface area (Å²) in [6.07, 6.45) is 0. The Morgan fingerprint density at radius 3 is 0.582 bits per heavy atom. The van der Waals surface area contributed by atoms with Gasteiger partial charge in [-0.25, -0.2) is 0 Å². The van der Waals surface area contributed by atoms with Crippen molar-refractivity contribution in [3.63, 3.8) is 0 Å². The zero-order valence-corrected chi connectivity index (χ0v) is 36.6. The maximum absolute atomic E-state index is 13.8. The normalized spacial score (nSPS) is 9.78. The molecule has 0 saturated carbocycles. The molecular weight excluding hydrogens is 1000 g/mol. The summed E-state index contributed by atoms with van der Waals surface area (Å²) in [6.45, 7) is 5.72. The van der Waals surface area contributed by atoms with Crippen LogP contribution >= 0.6 is 37.5 Å². The summed E-state index contributed by atoms with van der Waals surface area (Å²) in [5.74, 6) is -2.84. The van der Waals surface area contributed by atoms with Gasteiger partial charge in [-0.1, -0.05) is 218 Å². The van der Waals surface area contributed by atoms with Crippen LogP contribution in [0.2, 0.25) is 0 Å². The summed E-state index contributed by atoms with van der Waals surface area (Å²) in [4.78, 5) is 18.7. The van der Waals surface area contributed by atoms with Gasteiger partial charge in [0, 0.05) is 62.9 Å². The number of benzene rings is 6. The molecule has 0 fully saturated rings. The minimum Gasteiger partial charge on any atom is -2.00 e. The van der Waals surface area contributed by atoms with Crippen molar-refractivity contribution in [2.75, 3.05) is 0 Å². The molecule has 0 spiro atoms. The summed E-state index contributed by atoms with van der Waals surface area (Å²) in [5, 5.41) is 23.0. The number of carbonyl (C=O) groups excluding carboxylic acids is 2. The van der Waals surface area contributed by atoms with Crippen molar-refractivity contribution in [1.29, 1.82) is 0 Å². The molecule has 0 heterocycles. The maximum Gasteiger partial charge on any atom is 0.171 e. The number of carbonyl (C=O) groups is 2. The minimum absolute atomic E-state index is 0. The van der Waals surface area contributed by atoms with Crippen LogP contribution in [0.3, 0.4) is 0 Å². The van der Waals surface area contributed by atoms with Gasteiger partial charge in [-0.05, 0) is 0 Å². The molecule has 6 aromatic rings. The molecule has 0 amide bonds. The van der Waals surface area contributed by atoms with Crippen molar-refractivity contribution in [3.8, 4) is 0 Å². The smallest absolute Gasteiger partial charge is 0.171 e. The van der Waals surface area contributed by atoms with E-state index in [4.69, 9.17) is 23.2 Å². The number of hydrogen-bond acceptors (Lipinski definition) is 6. The quantitative estimate of drug-likeness (QED) is 0.146. The van der Waals surface area contributed by atoms with Gasteiger partial charge in [0.05, 0.1) is 22.0 Å². The SMILES string of the molecule is C=C(Cl)C(=O)[O-].C=C(Cl)C(=O)[O-].O=P(c1ccccc1)(c1ccccc1)c1ccccc1.O=P(c1ccccc1)(c1ccccc1)c1ccccc1.[O-2].[O-2].[U]. The average molecular weight is 1040 g/mol. The van der Waals surface area contributed by atoms with Crippen LogP contribution < -0.4 is 42.0 Å². The third-order valence-electron chi connectivity index (χ3n) is 7.16. The average Bonchev–Trinajstić information content (AvgIpc) is 3.20. The van der Waals surface area contributed by atoms with Gasteiger partial charge in [-0.15, -0.1) is 0 Å². The van der Waals surface area contributed by atoms with E-state index in [1.165, 1.54) is 0 Å². The molecule has 13 heteroatoms. The molecule has 6 rings (SSSR count). The van der Waals surface area contributed by atoms with E-state index in [9.17, 15) is 28.9 Å². The predicted molar refractivity (Wildman–Crippen MR) is 213 cm³/mol. The second-order valence-electron chi connectivity index (χ2n) is 10.6. The van der Waals surface area contributed by atoms with Crippen LogP contribution in [-0.2, 0) is 29.7 Å². The van der Waals surface area contributed by atoms with E-state index in [0.29, 0.717) is 0 Å². The van der Waals surface area contributed by atoms with Crippen molar-refractivity contribution in [2.24, 2.45) is 0 Å². The molecule has 0 saturated heterocycles. The van der Waals surface area contributed by atoms with Crippen molar-refractivity contribution in [1.82, 2.24) is 0 Å². The molecular formula is C42H34Cl2O8P2U-6. The molecule has 0 aromatic heterocycles. The molecule has 0 aliphatic carbocycles. The van der Waals surface area contributed by atoms with Crippen LogP contribution in [-0.4, -0.2) is 11.9 Å². The first kappa shape index (κ1) is 50.8. The summed E-state index contributed by atoms with van der Waals surface area (Å²) in [7, 11) is -5.55. The van der Waals surface area contributed by atoms with Gasteiger partial charge >= 0.3 is 0 Å². The largest absolute Gasteiger partial charge is 2.00 e. The Bertz CT molecular complexity index is 1760. The molecule has 0 unspecified atom stereocenters. The summed E-state index contributed by atoms with van der Waals surface area (Å²) < 4.78 is 27.6. The van der Waals surface area contributed by atoms with Gasteiger partial charge in [-0.2, -0.15) is 0 Å². The van der Waals surface area contributed by atoms with Gasteiger partial charge < -0.3 is 39.9 Å². The van der Waals surface area contributed by atoms with Crippen molar-refractivity contribution >= 4 is 81.3 Å². The second-order valence-corrected chi connectivity index (χ2v) is 17.1. The Kier molecular flexibility index (Phi) is 23.8. The number of rotatable bonds is 8. The third-order valence-corrected chi connectivity index (χ3v) is 13.6. The molecule has 6 aromatic carbocycles. The van der Waals surface area contributed by atoms with Gasteiger partial charge in [-0.3, -0.25) is 0 Å². The molecule has 0 bridgehead atoms. The predicted octanol–water partition coefficient (Wildman–Crippen LogP) is 5.39. The zero-order chi connectivity index (χ0) is 38.0. The zero-order valence-electron chi connectivity index (χ0n) is 29.2. The van der Waals surface area contributed by atoms with E-state index in [0.717, 1.165) is 31.8 Å². The van der Waals surface area contributed by atoms with Gasteiger partial charge in [0.25, 0.3) is 0 Å². The Hall–Kier alpha value is -4.25. The Morgan fingerprint density at radius 2 is 0.491 bits per heavy atom. The first-order valence-electron chi connectivity index (χ1n) is 15.6. The number of hydrogen-bond donors (Lipinski definition) is 0. The minimum atomic E-state index is -2.78. The van der Waals surface area contributed by atoms with E-state index in [-0.39, 0.29) is 42.1 Å². The first-order valence-corrected chi connectivity index (χ1v) is 19.7. The van der Waals surface area contributed by atoms with Crippen LogP contribution in [0.5, 0.6) is 0 Å². The van der Waals surface area contributed by atoms with E-state index in [1.807, 2.05) is 182 Å². The molecule has 0 radical (unpaired) electrons. The first-order chi connectivity index (χ1) is 24.9. The monoisotopic (exact) mass is 1040 g/mol. The number of carboxylic acid groups (broad SMARTS) is 2. The van der Waals surface area contributed by atoms with Crippen LogP contribution in [0.15, 0.2) is 205 Å². The van der Waals surface area contributed by atoms with Gasteiger partial charge in [0.2, 0.25) is 0 Å².